The number of fused-ring (bicyclic) bond motifs is 1. The molecule has 1 saturated heterocycles. The van der Waals surface area contributed by atoms with Crippen LogP contribution in [0.25, 0.3) is 0 Å². The standard InChI is InChI=1S/C13H16O4/c1-2-6-16-13(3-1)17-10-4-5-11-12(9-10)15-8-7-14-11/h4-5,9,13H,1-3,6-8H2/i7D2,8D2. The molecule has 0 amide bonds. The highest BCUT2D eigenvalue weighted by atomic mass is 16.7. The first-order valence-electron chi connectivity index (χ1n) is 7.68. The molecule has 4 heteroatoms. The molecule has 0 N–H and O–H groups in total. The highest BCUT2D eigenvalue weighted by molar-refractivity contribution is 5.46. The van der Waals surface area contributed by atoms with Gasteiger partial charge in [-0.3, -0.25) is 0 Å². The fourth-order valence-electron chi connectivity index (χ4n) is 1.83. The average molecular weight is 240 g/mol. The van der Waals surface area contributed by atoms with Crippen LogP contribution in [0.5, 0.6) is 17.2 Å². The first-order valence-corrected chi connectivity index (χ1v) is 5.68. The van der Waals surface area contributed by atoms with Gasteiger partial charge in [0.1, 0.15) is 18.9 Å². The Labute approximate surface area is 106 Å². The third kappa shape index (κ3) is 2.47. The summed E-state index contributed by atoms with van der Waals surface area (Å²) in [5.74, 6) is 0.734. The van der Waals surface area contributed by atoms with Crippen molar-refractivity contribution in [2.45, 2.75) is 25.6 Å². The number of hydrogen-bond donors (Lipinski definition) is 0. The predicted molar refractivity (Wildman–Crippen MR) is 61.7 cm³/mol. The van der Waals surface area contributed by atoms with Crippen molar-refractivity contribution in [3.05, 3.63) is 18.2 Å². The summed E-state index contributed by atoms with van der Waals surface area (Å²) in [6, 6.07) is 4.61. The van der Waals surface area contributed by atoms with Crippen LogP contribution in [0.4, 0.5) is 0 Å². The smallest absolute Gasteiger partial charge is 0.199 e. The van der Waals surface area contributed by atoms with Gasteiger partial charge in [-0.05, 0) is 25.0 Å². The topological polar surface area (TPSA) is 36.9 Å². The summed E-state index contributed by atoms with van der Waals surface area (Å²) < 4.78 is 51.4. The van der Waals surface area contributed by atoms with Crippen LogP contribution < -0.4 is 14.2 Å². The third-order valence-electron chi connectivity index (χ3n) is 2.68. The second kappa shape index (κ2) is 4.84. The van der Waals surface area contributed by atoms with Crippen LogP contribution in [0.15, 0.2) is 18.2 Å². The van der Waals surface area contributed by atoms with E-state index < -0.39 is 13.1 Å². The Kier molecular flexibility index (Phi) is 2.02. The van der Waals surface area contributed by atoms with Crippen LogP contribution in [-0.2, 0) is 4.74 Å². The summed E-state index contributed by atoms with van der Waals surface area (Å²) in [5, 5.41) is 0. The molecule has 1 fully saturated rings. The molecule has 17 heavy (non-hydrogen) atoms. The molecule has 0 radical (unpaired) electrons. The van der Waals surface area contributed by atoms with Gasteiger partial charge in [0.25, 0.3) is 0 Å². The van der Waals surface area contributed by atoms with Crippen molar-refractivity contribution in [1.29, 1.82) is 0 Å². The Balaban J connectivity index is 1.79. The molecule has 1 aromatic carbocycles. The summed E-state index contributed by atoms with van der Waals surface area (Å²) in [6.45, 7) is -4.45. The summed E-state index contributed by atoms with van der Waals surface area (Å²) in [6.07, 6.45) is 2.55. The van der Waals surface area contributed by atoms with Gasteiger partial charge >= 0.3 is 0 Å². The Morgan fingerprint density at radius 3 is 2.88 bits per heavy atom. The quantitative estimate of drug-likeness (QED) is 0.795. The van der Waals surface area contributed by atoms with E-state index in [2.05, 4.69) is 0 Å². The van der Waals surface area contributed by atoms with Crippen molar-refractivity contribution < 1.29 is 24.4 Å². The van der Waals surface area contributed by atoms with Gasteiger partial charge in [-0.25, -0.2) is 0 Å². The van der Waals surface area contributed by atoms with Crippen molar-refractivity contribution in [2.24, 2.45) is 0 Å². The molecule has 1 atom stereocenters. The lowest BCUT2D eigenvalue weighted by molar-refractivity contribution is -0.106. The molecule has 0 saturated carbocycles. The lowest BCUT2D eigenvalue weighted by Crippen LogP contribution is -2.25. The zero-order valence-electron chi connectivity index (χ0n) is 13.3. The van der Waals surface area contributed by atoms with E-state index in [0.29, 0.717) is 12.4 Å². The van der Waals surface area contributed by atoms with Crippen molar-refractivity contribution in [1.82, 2.24) is 0 Å². The fraction of sp³-hybridized carbons (Fsp3) is 0.538. The monoisotopic (exact) mass is 240 g/mol. The molecular formula is C13H16O4. The van der Waals surface area contributed by atoms with Crippen LogP contribution in [0.1, 0.15) is 24.7 Å². The molecule has 0 aromatic heterocycles. The molecule has 0 aliphatic carbocycles. The van der Waals surface area contributed by atoms with Gasteiger partial charge in [-0.2, -0.15) is 0 Å². The molecular weight excluding hydrogens is 220 g/mol. The molecule has 4 nitrogen and oxygen atoms in total. The van der Waals surface area contributed by atoms with E-state index in [1.165, 1.54) is 12.1 Å². The zero-order valence-corrected chi connectivity index (χ0v) is 9.27. The number of ether oxygens (including phenoxy) is 4. The van der Waals surface area contributed by atoms with Gasteiger partial charge < -0.3 is 18.9 Å². The van der Waals surface area contributed by atoms with Gasteiger partial charge in [0.05, 0.1) is 12.1 Å². The largest absolute Gasteiger partial charge is 0.486 e. The van der Waals surface area contributed by atoms with E-state index in [0.717, 1.165) is 19.3 Å². The SMILES string of the molecule is [2H]C1([2H])Oc2ccc(OC3CCCCO3)cc2OC1([2H])[2H]. The maximum absolute atomic E-state index is 7.56. The van der Waals surface area contributed by atoms with Crippen LogP contribution in [-0.4, -0.2) is 26.0 Å². The van der Waals surface area contributed by atoms with Gasteiger partial charge in [0.15, 0.2) is 17.8 Å². The Bertz CT molecular complexity index is 529. The summed E-state index contributed by atoms with van der Waals surface area (Å²) in [4.78, 5) is 0. The fourth-order valence-corrected chi connectivity index (χ4v) is 1.83. The van der Waals surface area contributed by atoms with E-state index in [4.69, 9.17) is 24.4 Å². The van der Waals surface area contributed by atoms with Crippen molar-refractivity contribution in [3.8, 4) is 17.2 Å². The molecule has 1 unspecified atom stereocenters. The third-order valence-corrected chi connectivity index (χ3v) is 2.68. The first kappa shape index (κ1) is 7.11. The molecule has 3 rings (SSSR count). The zero-order chi connectivity index (χ0) is 15.1. The van der Waals surface area contributed by atoms with Gasteiger partial charge in [-0.1, -0.05) is 0 Å². The second-order valence-electron chi connectivity index (χ2n) is 3.93. The molecule has 0 bridgehead atoms. The Hall–Kier alpha value is -1.42. The van der Waals surface area contributed by atoms with Crippen molar-refractivity contribution in [2.75, 3.05) is 19.7 Å². The molecule has 2 aliphatic heterocycles. The van der Waals surface area contributed by atoms with Crippen LogP contribution in [0.3, 0.4) is 0 Å². The van der Waals surface area contributed by atoms with E-state index >= 15 is 0 Å². The minimum atomic E-state index is -2.57. The summed E-state index contributed by atoms with van der Waals surface area (Å²) >= 11 is 0. The van der Waals surface area contributed by atoms with Crippen LogP contribution >= 0.6 is 0 Å². The number of benzene rings is 1. The molecule has 92 valence electrons. The second-order valence-corrected chi connectivity index (χ2v) is 3.93. The maximum atomic E-state index is 7.56. The minimum Gasteiger partial charge on any atom is -0.486 e. The lowest BCUT2D eigenvalue weighted by atomic mass is 10.2. The van der Waals surface area contributed by atoms with E-state index in [1.807, 2.05) is 0 Å². The summed E-state index contributed by atoms with van der Waals surface area (Å²) in [7, 11) is 0. The molecule has 1 aromatic rings. The molecule has 0 spiro atoms. The minimum absolute atomic E-state index is 0.114. The van der Waals surface area contributed by atoms with E-state index in [9.17, 15) is 0 Å². The summed E-state index contributed by atoms with van der Waals surface area (Å²) in [5.41, 5.74) is 0. The Morgan fingerprint density at radius 2 is 2.06 bits per heavy atom. The molecule has 2 aliphatic rings. The highest BCUT2D eigenvalue weighted by Crippen LogP contribution is 2.34. The number of hydrogen-bond acceptors (Lipinski definition) is 4. The maximum Gasteiger partial charge on any atom is 0.199 e. The van der Waals surface area contributed by atoms with Crippen LogP contribution in [0.2, 0.25) is 0 Å². The van der Waals surface area contributed by atoms with Gasteiger partial charge in [0.2, 0.25) is 0 Å². The molecule has 2 heterocycles. The predicted octanol–water partition coefficient (Wildman–Crippen LogP) is 2.36. The van der Waals surface area contributed by atoms with Gasteiger partial charge in [-0.15, -0.1) is 0 Å². The normalized spacial score (nSPS) is 32.6. The Morgan fingerprint density at radius 1 is 1.18 bits per heavy atom. The lowest BCUT2D eigenvalue weighted by Gasteiger charge is -2.24. The first-order chi connectivity index (χ1) is 9.87. The van der Waals surface area contributed by atoms with Gasteiger partial charge in [0, 0.05) is 12.5 Å². The average Bonchev–Trinajstić information content (AvgIpc) is 2.41. The van der Waals surface area contributed by atoms with E-state index in [-0.39, 0.29) is 17.8 Å². The van der Waals surface area contributed by atoms with Crippen LogP contribution in [0, 0.1) is 0 Å². The van der Waals surface area contributed by atoms with Crippen molar-refractivity contribution >= 4 is 0 Å². The number of rotatable bonds is 2. The van der Waals surface area contributed by atoms with Crippen molar-refractivity contribution in [3.63, 3.8) is 0 Å². The highest BCUT2D eigenvalue weighted by Gasteiger charge is 2.17. The van der Waals surface area contributed by atoms with E-state index in [1.54, 1.807) is 6.07 Å².